The van der Waals surface area contributed by atoms with E-state index in [1.807, 2.05) is 36.4 Å². The molecule has 2 aromatic rings. The first-order chi connectivity index (χ1) is 8.81. The average Bonchev–Trinajstić information content (AvgIpc) is 2.45. The van der Waals surface area contributed by atoms with Crippen molar-refractivity contribution in [2.75, 3.05) is 13.2 Å². The van der Waals surface area contributed by atoms with Gasteiger partial charge >= 0.3 is 0 Å². The molecular formula is C16H16O2. The first-order valence-corrected chi connectivity index (χ1v) is 6.20. The topological polar surface area (TPSA) is 40.5 Å². The zero-order valence-corrected chi connectivity index (χ0v) is 10.1. The fourth-order valence-electron chi connectivity index (χ4n) is 3.02. The predicted molar refractivity (Wildman–Crippen MR) is 70.6 cm³/mol. The van der Waals surface area contributed by atoms with Gasteiger partial charge in [0.1, 0.15) is 0 Å². The van der Waals surface area contributed by atoms with Crippen LogP contribution in [0, 0.1) is 0 Å². The van der Waals surface area contributed by atoms with Crippen LogP contribution in [0.1, 0.15) is 22.3 Å². The lowest BCUT2D eigenvalue weighted by molar-refractivity contribution is 0.140. The molecule has 0 aliphatic heterocycles. The van der Waals surface area contributed by atoms with Gasteiger partial charge in [0, 0.05) is 0 Å². The lowest BCUT2D eigenvalue weighted by atomic mass is 9.67. The summed E-state index contributed by atoms with van der Waals surface area (Å²) in [6.45, 7) is -0.144. The van der Waals surface area contributed by atoms with Gasteiger partial charge in [0.15, 0.2) is 0 Å². The van der Waals surface area contributed by atoms with Crippen molar-refractivity contribution >= 4 is 0 Å². The molecular weight excluding hydrogens is 224 g/mol. The molecule has 18 heavy (non-hydrogen) atoms. The van der Waals surface area contributed by atoms with Crippen molar-refractivity contribution in [2.45, 2.75) is 11.8 Å². The highest BCUT2D eigenvalue weighted by Gasteiger charge is 2.39. The maximum Gasteiger partial charge on any atom is 0.0669 e. The highest BCUT2D eigenvalue weighted by Crippen LogP contribution is 2.40. The minimum absolute atomic E-state index is 0.0719. The van der Waals surface area contributed by atoms with E-state index in [2.05, 4.69) is 12.1 Å². The van der Waals surface area contributed by atoms with Crippen LogP contribution in [0.4, 0.5) is 0 Å². The molecule has 0 atom stereocenters. The summed E-state index contributed by atoms with van der Waals surface area (Å²) < 4.78 is 0. The summed E-state index contributed by atoms with van der Waals surface area (Å²) in [6, 6.07) is 16.1. The fraction of sp³-hybridized carbons (Fsp3) is 0.250. The third kappa shape index (κ3) is 1.43. The molecule has 1 aliphatic rings. The number of rotatable bonds is 2. The molecule has 0 unspecified atom stereocenters. The molecule has 2 N–H and O–H groups in total. The lowest BCUT2D eigenvalue weighted by Gasteiger charge is -2.38. The minimum atomic E-state index is -0.661. The maximum absolute atomic E-state index is 9.88. The van der Waals surface area contributed by atoms with Crippen molar-refractivity contribution in [2.24, 2.45) is 0 Å². The summed E-state index contributed by atoms with van der Waals surface area (Å²) in [5.74, 6) is 0. The largest absolute Gasteiger partial charge is 0.395 e. The van der Waals surface area contributed by atoms with Crippen LogP contribution in [0.25, 0.3) is 0 Å². The summed E-state index contributed by atoms with van der Waals surface area (Å²) >= 11 is 0. The fourth-order valence-corrected chi connectivity index (χ4v) is 3.02. The van der Waals surface area contributed by atoms with E-state index in [1.165, 1.54) is 11.1 Å². The first kappa shape index (κ1) is 11.5. The molecule has 0 spiro atoms. The van der Waals surface area contributed by atoms with Crippen LogP contribution in [-0.4, -0.2) is 23.4 Å². The van der Waals surface area contributed by atoms with Crippen LogP contribution in [-0.2, 0) is 11.8 Å². The van der Waals surface area contributed by atoms with Gasteiger partial charge in [-0.25, -0.2) is 0 Å². The Bertz CT molecular complexity index is 523. The summed E-state index contributed by atoms with van der Waals surface area (Å²) in [4.78, 5) is 0. The van der Waals surface area contributed by atoms with E-state index in [1.54, 1.807) is 0 Å². The molecule has 0 aromatic heterocycles. The molecule has 0 radical (unpaired) electrons. The third-order valence-corrected chi connectivity index (χ3v) is 3.99. The second kappa shape index (κ2) is 4.23. The molecule has 0 saturated heterocycles. The zero-order chi connectivity index (χ0) is 12.6. The molecule has 2 aromatic carbocycles. The van der Waals surface area contributed by atoms with Gasteiger partial charge < -0.3 is 10.2 Å². The minimum Gasteiger partial charge on any atom is -0.395 e. The normalized spacial score (nSPS) is 15.9. The van der Waals surface area contributed by atoms with Gasteiger partial charge in [0.05, 0.1) is 18.6 Å². The van der Waals surface area contributed by atoms with Gasteiger partial charge in [0.2, 0.25) is 0 Å². The molecule has 0 bridgehead atoms. The van der Waals surface area contributed by atoms with E-state index in [4.69, 9.17) is 0 Å². The van der Waals surface area contributed by atoms with Gasteiger partial charge in [0.25, 0.3) is 0 Å². The smallest absolute Gasteiger partial charge is 0.0669 e. The summed E-state index contributed by atoms with van der Waals surface area (Å²) in [7, 11) is 0. The molecule has 0 saturated carbocycles. The van der Waals surface area contributed by atoms with E-state index < -0.39 is 5.41 Å². The average molecular weight is 240 g/mol. The van der Waals surface area contributed by atoms with Crippen LogP contribution in [0.3, 0.4) is 0 Å². The van der Waals surface area contributed by atoms with Crippen molar-refractivity contribution in [3.8, 4) is 0 Å². The maximum atomic E-state index is 9.88. The summed E-state index contributed by atoms with van der Waals surface area (Å²) in [5, 5.41) is 19.8. The van der Waals surface area contributed by atoms with Gasteiger partial charge in [-0.15, -0.1) is 0 Å². The number of hydrogen-bond donors (Lipinski definition) is 2. The van der Waals surface area contributed by atoms with Crippen LogP contribution in [0.15, 0.2) is 48.5 Å². The molecule has 0 heterocycles. The number of fused-ring (bicyclic) bond motifs is 2. The summed E-state index contributed by atoms with van der Waals surface area (Å²) in [5.41, 5.74) is 3.83. The van der Waals surface area contributed by atoms with E-state index in [-0.39, 0.29) is 13.2 Å². The molecule has 2 heteroatoms. The zero-order valence-electron chi connectivity index (χ0n) is 10.1. The van der Waals surface area contributed by atoms with Crippen LogP contribution < -0.4 is 0 Å². The highest BCUT2D eigenvalue weighted by atomic mass is 16.3. The number of aliphatic hydroxyl groups is 2. The van der Waals surface area contributed by atoms with Gasteiger partial charge in [-0.2, -0.15) is 0 Å². The Labute approximate surface area is 107 Å². The van der Waals surface area contributed by atoms with Gasteiger partial charge in [-0.1, -0.05) is 48.5 Å². The molecule has 0 fully saturated rings. The number of hydrogen-bond acceptors (Lipinski definition) is 2. The van der Waals surface area contributed by atoms with Crippen molar-refractivity contribution < 1.29 is 10.2 Å². The molecule has 3 rings (SSSR count). The van der Waals surface area contributed by atoms with E-state index in [9.17, 15) is 10.2 Å². The Morgan fingerprint density at radius 1 is 0.778 bits per heavy atom. The van der Waals surface area contributed by atoms with Gasteiger partial charge in [-0.3, -0.25) is 0 Å². The Morgan fingerprint density at radius 2 is 1.22 bits per heavy atom. The molecule has 92 valence electrons. The lowest BCUT2D eigenvalue weighted by Crippen LogP contribution is -2.40. The molecule has 1 aliphatic carbocycles. The van der Waals surface area contributed by atoms with Crippen molar-refractivity contribution in [1.82, 2.24) is 0 Å². The highest BCUT2D eigenvalue weighted by molar-refractivity contribution is 5.53. The monoisotopic (exact) mass is 240 g/mol. The van der Waals surface area contributed by atoms with E-state index in [0.717, 1.165) is 17.5 Å². The standard InChI is InChI=1S/C16H16O2/c17-10-16(11-18)14-7-3-1-5-12(14)9-13-6-2-4-8-15(13)16/h1-8,17-18H,9-11H2. The van der Waals surface area contributed by atoms with Crippen LogP contribution in [0.2, 0.25) is 0 Å². The Kier molecular flexibility index (Phi) is 2.69. The second-order valence-electron chi connectivity index (χ2n) is 4.89. The predicted octanol–water partition coefficient (Wildman–Crippen LogP) is 1.86. The third-order valence-electron chi connectivity index (χ3n) is 3.99. The summed E-state index contributed by atoms with van der Waals surface area (Å²) in [6.07, 6.45) is 0.869. The van der Waals surface area contributed by atoms with Gasteiger partial charge in [-0.05, 0) is 28.7 Å². The number of aliphatic hydroxyl groups excluding tert-OH is 2. The SMILES string of the molecule is OCC1(CO)c2ccccc2Cc2ccccc21. The second-order valence-corrected chi connectivity index (χ2v) is 4.89. The Morgan fingerprint density at radius 3 is 1.67 bits per heavy atom. The molecule has 2 nitrogen and oxygen atoms in total. The van der Waals surface area contributed by atoms with Crippen LogP contribution >= 0.6 is 0 Å². The Balaban J connectivity index is 2.30. The quantitative estimate of drug-likeness (QED) is 0.841. The van der Waals surface area contributed by atoms with Crippen molar-refractivity contribution in [3.05, 3.63) is 70.8 Å². The number of benzene rings is 2. The van der Waals surface area contributed by atoms with E-state index in [0.29, 0.717) is 0 Å². The Hall–Kier alpha value is -1.64. The van der Waals surface area contributed by atoms with Crippen molar-refractivity contribution in [3.63, 3.8) is 0 Å². The van der Waals surface area contributed by atoms with Crippen LogP contribution in [0.5, 0.6) is 0 Å². The van der Waals surface area contributed by atoms with Crippen molar-refractivity contribution in [1.29, 1.82) is 0 Å². The van der Waals surface area contributed by atoms with E-state index >= 15 is 0 Å². The molecule has 0 amide bonds. The first-order valence-electron chi connectivity index (χ1n) is 6.20.